The molecule has 158 valence electrons. The van der Waals surface area contributed by atoms with Gasteiger partial charge in [0.25, 0.3) is 5.69 Å². The van der Waals surface area contributed by atoms with Crippen molar-refractivity contribution in [2.75, 3.05) is 56.0 Å². The molecule has 0 atom stereocenters. The molecule has 10 nitrogen and oxygen atoms in total. The SMILES string of the molecule is CN1C=NN(c2ccc(N)cc2)CC1.CN1C=NN(c2ccc([N+](=O)[O-])cc2)CC1. The van der Waals surface area contributed by atoms with Gasteiger partial charge in [0.05, 0.1) is 29.4 Å². The number of non-ortho nitro benzene ring substituents is 1. The number of nitrogens with two attached hydrogens (primary N) is 1. The summed E-state index contributed by atoms with van der Waals surface area (Å²) in [6, 6.07) is 14.1. The molecule has 2 aromatic rings. The van der Waals surface area contributed by atoms with Gasteiger partial charge in [-0.25, -0.2) is 0 Å². The molecule has 0 amide bonds. The van der Waals surface area contributed by atoms with Gasteiger partial charge in [-0.2, -0.15) is 10.2 Å². The summed E-state index contributed by atoms with van der Waals surface area (Å²) in [6.07, 6.45) is 3.57. The predicted octanol–water partition coefficient (Wildman–Crippen LogP) is 2.25. The van der Waals surface area contributed by atoms with Gasteiger partial charge in [-0.05, 0) is 36.4 Å². The van der Waals surface area contributed by atoms with Gasteiger partial charge in [0.15, 0.2) is 0 Å². The molecule has 0 saturated carbocycles. The quantitative estimate of drug-likeness (QED) is 0.470. The van der Waals surface area contributed by atoms with Crippen molar-refractivity contribution >= 4 is 35.4 Å². The molecule has 0 aliphatic carbocycles. The summed E-state index contributed by atoms with van der Waals surface area (Å²) in [6.45, 7) is 3.58. The Morgan fingerprint density at radius 3 is 1.60 bits per heavy atom. The third-order valence-corrected chi connectivity index (χ3v) is 4.66. The Morgan fingerprint density at radius 2 is 1.23 bits per heavy atom. The van der Waals surface area contributed by atoms with Crippen LogP contribution >= 0.6 is 0 Å². The van der Waals surface area contributed by atoms with Crippen molar-refractivity contribution in [1.82, 2.24) is 9.80 Å². The molecule has 10 heteroatoms. The Bertz CT molecular complexity index is 898. The van der Waals surface area contributed by atoms with Crippen LogP contribution in [-0.4, -0.2) is 67.7 Å². The van der Waals surface area contributed by atoms with Gasteiger partial charge in [-0.3, -0.25) is 20.1 Å². The molecule has 0 bridgehead atoms. The number of hydrogen-bond donors (Lipinski definition) is 1. The lowest BCUT2D eigenvalue weighted by molar-refractivity contribution is -0.384. The fourth-order valence-corrected chi connectivity index (χ4v) is 2.82. The number of likely N-dealkylation sites (N-methyl/N-ethyl adjacent to an activating group) is 2. The highest BCUT2D eigenvalue weighted by atomic mass is 16.6. The minimum atomic E-state index is -0.406. The summed E-state index contributed by atoms with van der Waals surface area (Å²) in [4.78, 5) is 14.1. The average molecular weight is 410 g/mol. The molecular formula is C20H26N8O2. The number of nitro groups is 1. The first kappa shape index (κ1) is 20.9. The zero-order valence-corrected chi connectivity index (χ0v) is 17.1. The van der Waals surface area contributed by atoms with Gasteiger partial charge in [0.1, 0.15) is 12.7 Å². The van der Waals surface area contributed by atoms with Crippen molar-refractivity contribution < 1.29 is 4.92 Å². The Balaban J connectivity index is 0.000000172. The first-order valence-corrected chi connectivity index (χ1v) is 9.56. The summed E-state index contributed by atoms with van der Waals surface area (Å²) in [5.41, 5.74) is 8.45. The monoisotopic (exact) mass is 410 g/mol. The van der Waals surface area contributed by atoms with Crippen LogP contribution in [-0.2, 0) is 0 Å². The fraction of sp³-hybridized carbons (Fsp3) is 0.300. The minimum absolute atomic E-state index is 0.0989. The summed E-state index contributed by atoms with van der Waals surface area (Å²) in [7, 11) is 3.97. The van der Waals surface area contributed by atoms with Crippen molar-refractivity contribution in [2.45, 2.75) is 0 Å². The van der Waals surface area contributed by atoms with Crippen molar-refractivity contribution in [3.05, 3.63) is 58.6 Å². The third kappa shape index (κ3) is 5.60. The zero-order valence-electron chi connectivity index (χ0n) is 17.1. The lowest BCUT2D eigenvalue weighted by Gasteiger charge is -2.27. The van der Waals surface area contributed by atoms with Crippen molar-refractivity contribution in [3.63, 3.8) is 0 Å². The molecule has 2 aliphatic rings. The van der Waals surface area contributed by atoms with Gasteiger partial charge >= 0.3 is 0 Å². The topological polar surface area (TPSA) is 107 Å². The van der Waals surface area contributed by atoms with E-state index in [-0.39, 0.29) is 5.69 Å². The van der Waals surface area contributed by atoms with E-state index < -0.39 is 4.92 Å². The standard InChI is InChI=1S/C10H12N4O2.C10H14N4/c1-12-6-7-13(11-8-12)9-2-4-10(5-3-9)14(15)16;1-13-6-7-14(12-8-13)10-4-2-9(11)3-5-10/h2-5,8H,6-7H2,1H3;2-5,8H,6-7,11H2,1H3. The van der Waals surface area contributed by atoms with E-state index in [1.807, 2.05) is 59.6 Å². The normalized spacial score (nSPS) is 15.7. The van der Waals surface area contributed by atoms with Gasteiger partial charge in [0, 0.05) is 45.0 Å². The van der Waals surface area contributed by atoms with Gasteiger partial charge in [-0.15, -0.1) is 0 Å². The molecule has 0 radical (unpaired) electrons. The van der Waals surface area contributed by atoms with E-state index in [1.165, 1.54) is 12.1 Å². The number of nitrogen functional groups attached to an aromatic ring is 1. The molecule has 2 heterocycles. The zero-order chi connectivity index (χ0) is 21.5. The van der Waals surface area contributed by atoms with Crippen LogP contribution in [0.1, 0.15) is 0 Å². The summed E-state index contributed by atoms with van der Waals surface area (Å²) >= 11 is 0. The molecule has 4 rings (SSSR count). The second-order valence-corrected chi connectivity index (χ2v) is 7.03. The van der Waals surface area contributed by atoms with Crippen molar-refractivity contribution in [1.29, 1.82) is 0 Å². The van der Waals surface area contributed by atoms with E-state index in [1.54, 1.807) is 18.5 Å². The second-order valence-electron chi connectivity index (χ2n) is 7.03. The first-order valence-electron chi connectivity index (χ1n) is 9.56. The number of hydrazone groups is 2. The first-order chi connectivity index (χ1) is 14.4. The number of benzene rings is 2. The van der Waals surface area contributed by atoms with Crippen LogP contribution in [0.3, 0.4) is 0 Å². The highest BCUT2D eigenvalue weighted by Gasteiger charge is 2.12. The van der Waals surface area contributed by atoms with Crippen LogP contribution in [0.5, 0.6) is 0 Å². The molecular weight excluding hydrogens is 384 g/mol. The van der Waals surface area contributed by atoms with Crippen LogP contribution in [0.4, 0.5) is 22.7 Å². The van der Waals surface area contributed by atoms with E-state index in [0.717, 1.165) is 43.2 Å². The highest BCUT2D eigenvalue weighted by Crippen LogP contribution is 2.20. The van der Waals surface area contributed by atoms with Crippen LogP contribution in [0.2, 0.25) is 0 Å². The number of hydrogen-bond acceptors (Lipinski definition) is 9. The maximum atomic E-state index is 10.5. The Morgan fingerprint density at radius 1 is 0.800 bits per heavy atom. The number of anilines is 3. The molecule has 30 heavy (non-hydrogen) atoms. The summed E-state index contributed by atoms with van der Waals surface area (Å²) < 4.78 is 0. The van der Waals surface area contributed by atoms with Crippen LogP contribution in [0.15, 0.2) is 58.7 Å². The highest BCUT2D eigenvalue weighted by molar-refractivity contribution is 5.62. The smallest absolute Gasteiger partial charge is 0.269 e. The molecule has 0 aromatic heterocycles. The average Bonchev–Trinajstić information content (AvgIpc) is 2.76. The molecule has 0 saturated heterocycles. The fourth-order valence-electron chi connectivity index (χ4n) is 2.82. The maximum Gasteiger partial charge on any atom is 0.269 e. The lowest BCUT2D eigenvalue weighted by Crippen LogP contribution is -2.35. The molecule has 0 spiro atoms. The van der Waals surface area contributed by atoms with Gasteiger partial charge < -0.3 is 15.5 Å². The number of nitro benzene ring substituents is 1. The second kappa shape index (κ2) is 9.59. The molecule has 0 unspecified atom stereocenters. The van der Waals surface area contributed by atoms with Crippen LogP contribution < -0.4 is 15.8 Å². The number of rotatable bonds is 3. The largest absolute Gasteiger partial charge is 0.399 e. The molecule has 2 aromatic carbocycles. The van der Waals surface area contributed by atoms with E-state index in [0.29, 0.717) is 0 Å². The number of nitrogens with zero attached hydrogens (tertiary/aromatic N) is 7. The van der Waals surface area contributed by atoms with E-state index in [2.05, 4.69) is 15.1 Å². The predicted molar refractivity (Wildman–Crippen MR) is 121 cm³/mol. The molecule has 2 aliphatic heterocycles. The van der Waals surface area contributed by atoms with E-state index in [4.69, 9.17) is 5.73 Å². The lowest BCUT2D eigenvalue weighted by atomic mass is 10.2. The van der Waals surface area contributed by atoms with E-state index in [9.17, 15) is 10.1 Å². The summed E-state index contributed by atoms with van der Waals surface area (Å²) in [5, 5.41) is 22.8. The van der Waals surface area contributed by atoms with Crippen molar-refractivity contribution in [3.8, 4) is 0 Å². The Labute approximate surface area is 175 Å². The van der Waals surface area contributed by atoms with Crippen molar-refractivity contribution in [2.24, 2.45) is 10.2 Å². The van der Waals surface area contributed by atoms with Gasteiger partial charge in [0.2, 0.25) is 0 Å². The summed E-state index contributed by atoms with van der Waals surface area (Å²) in [5.74, 6) is 0. The minimum Gasteiger partial charge on any atom is -0.399 e. The third-order valence-electron chi connectivity index (χ3n) is 4.66. The maximum absolute atomic E-state index is 10.5. The van der Waals surface area contributed by atoms with E-state index >= 15 is 0 Å². The molecule has 2 N–H and O–H groups in total. The Hall–Kier alpha value is -3.82. The van der Waals surface area contributed by atoms with Crippen LogP contribution in [0.25, 0.3) is 0 Å². The molecule has 0 fully saturated rings. The van der Waals surface area contributed by atoms with Crippen LogP contribution in [0, 0.1) is 10.1 Å². The van der Waals surface area contributed by atoms with Gasteiger partial charge in [-0.1, -0.05) is 0 Å². The Kier molecular flexibility index (Phi) is 6.68.